The monoisotopic (exact) mass is 352 g/mol. The summed E-state index contributed by atoms with van der Waals surface area (Å²) in [4.78, 5) is 0. The summed E-state index contributed by atoms with van der Waals surface area (Å²) in [5.74, 6) is 0.0718. The molecule has 0 aromatic heterocycles. The molecule has 0 unspecified atom stereocenters. The molecule has 0 atom stereocenters. The first-order valence-corrected chi connectivity index (χ1v) is 8.33. The molecule has 108 valence electrons. The molecule has 0 spiro atoms. The second kappa shape index (κ2) is 20.2. The van der Waals surface area contributed by atoms with Gasteiger partial charge in [-0.25, -0.2) is 12.2 Å². The van der Waals surface area contributed by atoms with E-state index >= 15 is 0 Å². The average molecular weight is 353 g/mol. The van der Waals surface area contributed by atoms with Crippen LogP contribution in [-0.2, 0) is 18.6 Å². The molecular formula is C14H19Cl2OSiV-4. The number of para-hydroxylation sites is 1. The Balaban J connectivity index is -0.0000000855. The molecule has 1 aliphatic rings. The normalized spacial score (nSPS) is 9.68. The minimum Gasteiger partial charge on any atom is -1.00 e. The molecule has 0 saturated carbocycles. The number of allylic oxidation sites excluding steroid dienone is 4. The first-order chi connectivity index (χ1) is 7.63. The van der Waals surface area contributed by atoms with Gasteiger partial charge < -0.3 is 29.9 Å². The van der Waals surface area contributed by atoms with Gasteiger partial charge in [0.05, 0.1) is 0 Å². The van der Waals surface area contributed by atoms with Crippen molar-refractivity contribution < 1.29 is 48.5 Å². The molecule has 0 bridgehead atoms. The smallest absolute Gasteiger partial charge is 0.0379 e. The van der Waals surface area contributed by atoms with Gasteiger partial charge in [0.25, 0.3) is 0 Å². The Morgan fingerprint density at radius 3 is 1.68 bits per heavy atom. The summed E-state index contributed by atoms with van der Waals surface area (Å²) < 4.78 is 0. The maximum Gasteiger partial charge on any atom is 0.0379 e. The van der Waals surface area contributed by atoms with Crippen LogP contribution >= 0.6 is 0 Å². The summed E-state index contributed by atoms with van der Waals surface area (Å²) in [5.41, 5.74) is 0. The Labute approximate surface area is 143 Å². The molecule has 0 N–H and O–H groups in total. The maximum atomic E-state index is 10.3. The van der Waals surface area contributed by atoms with Gasteiger partial charge in [-0.05, 0) is 0 Å². The van der Waals surface area contributed by atoms with Crippen LogP contribution in [0.1, 0.15) is 6.42 Å². The molecule has 0 aliphatic heterocycles. The van der Waals surface area contributed by atoms with Gasteiger partial charge in [-0.15, -0.1) is 12.2 Å². The Kier molecular flexibility index (Phi) is 29.0. The molecule has 0 fully saturated rings. The van der Waals surface area contributed by atoms with E-state index in [1.807, 2.05) is 18.2 Å². The molecule has 5 heteroatoms. The van der Waals surface area contributed by atoms with Crippen molar-refractivity contribution in [1.82, 2.24) is 0 Å². The van der Waals surface area contributed by atoms with Crippen molar-refractivity contribution >= 4 is 8.80 Å². The van der Waals surface area contributed by atoms with Crippen LogP contribution in [0.4, 0.5) is 0 Å². The molecular weight excluding hydrogens is 334 g/mol. The fourth-order valence-corrected chi connectivity index (χ4v) is 0.761. The molecule has 2 rings (SSSR count). The maximum absolute atomic E-state index is 10.3. The molecule has 0 heterocycles. The topological polar surface area (TPSA) is 23.1 Å². The van der Waals surface area contributed by atoms with Crippen LogP contribution in [0.25, 0.3) is 0 Å². The van der Waals surface area contributed by atoms with E-state index in [0.717, 1.165) is 6.42 Å². The van der Waals surface area contributed by atoms with E-state index in [1.54, 1.807) is 12.1 Å². The fourth-order valence-electron chi connectivity index (χ4n) is 0.761. The SMILES string of the molecule is C[Si](C)C.[C-]1=CC=CC1.[Cl-].[Cl-].[O-]c1ccccc1.[V]. The van der Waals surface area contributed by atoms with Gasteiger partial charge in [0, 0.05) is 27.4 Å². The molecule has 1 aromatic rings. The van der Waals surface area contributed by atoms with E-state index in [-0.39, 0.29) is 57.9 Å². The summed E-state index contributed by atoms with van der Waals surface area (Å²) in [5, 5.41) is 10.3. The molecule has 1 aliphatic carbocycles. The third kappa shape index (κ3) is 27.2. The Morgan fingerprint density at radius 2 is 1.53 bits per heavy atom. The van der Waals surface area contributed by atoms with Crippen LogP contribution in [0, 0.1) is 6.08 Å². The standard InChI is InChI=1S/C6H6O.C5H5.C3H9Si.2ClH.V/c7-6-4-2-1-3-5-6;1-2-4-5-3-1;1-4(2)3;;;/h1-5,7H;1-3H,4H2;1-3H3;2*1H;/q;-1;;;;/p-3. The van der Waals surface area contributed by atoms with Crippen LogP contribution < -0.4 is 29.9 Å². The average Bonchev–Trinajstić information content (AvgIpc) is 2.75. The van der Waals surface area contributed by atoms with Crippen molar-refractivity contribution in [3.05, 3.63) is 54.6 Å². The van der Waals surface area contributed by atoms with Crippen LogP contribution in [0.3, 0.4) is 0 Å². The summed E-state index contributed by atoms with van der Waals surface area (Å²) in [7, 11) is 0.120. The number of rotatable bonds is 0. The molecule has 1 nitrogen and oxygen atoms in total. The van der Waals surface area contributed by atoms with Gasteiger partial charge in [-0.1, -0.05) is 50.0 Å². The largest absolute Gasteiger partial charge is 1.00 e. The first kappa shape index (κ1) is 27.3. The van der Waals surface area contributed by atoms with Gasteiger partial charge >= 0.3 is 0 Å². The van der Waals surface area contributed by atoms with E-state index < -0.39 is 0 Å². The molecule has 19 heavy (non-hydrogen) atoms. The van der Waals surface area contributed by atoms with E-state index in [9.17, 15) is 5.11 Å². The first-order valence-electron chi connectivity index (χ1n) is 5.33. The molecule has 1 aromatic carbocycles. The quantitative estimate of drug-likeness (QED) is 0.372. The van der Waals surface area contributed by atoms with Crippen LogP contribution in [0.5, 0.6) is 5.75 Å². The Bertz CT molecular complexity index is 304. The second-order valence-corrected chi connectivity index (χ2v) is 6.82. The minimum atomic E-state index is 0. The van der Waals surface area contributed by atoms with Gasteiger partial charge in [0.2, 0.25) is 0 Å². The number of hydrogen-bond acceptors (Lipinski definition) is 1. The number of hydrogen-bond donors (Lipinski definition) is 0. The van der Waals surface area contributed by atoms with Crippen LogP contribution in [0.2, 0.25) is 19.6 Å². The predicted molar refractivity (Wildman–Crippen MR) is 70.8 cm³/mol. The van der Waals surface area contributed by atoms with Crippen molar-refractivity contribution in [2.24, 2.45) is 0 Å². The van der Waals surface area contributed by atoms with Crippen molar-refractivity contribution in [2.45, 2.75) is 26.1 Å². The number of halogens is 2. The van der Waals surface area contributed by atoms with Crippen molar-refractivity contribution in [1.29, 1.82) is 0 Å². The zero-order valence-electron chi connectivity index (χ0n) is 11.4. The Morgan fingerprint density at radius 1 is 1.05 bits per heavy atom. The number of benzene rings is 1. The molecule has 0 amide bonds. The van der Waals surface area contributed by atoms with Gasteiger partial charge in [-0.2, -0.15) is 6.08 Å². The minimum absolute atomic E-state index is 0. The van der Waals surface area contributed by atoms with Crippen molar-refractivity contribution in [2.75, 3.05) is 0 Å². The van der Waals surface area contributed by atoms with Crippen molar-refractivity contribution in [3.8, 4) is 5.75 Å². The fraction of sp³-hybridized carbons (Fsp3) is 0.286. The molecule has 0 saturated heterocycles. The van der Waals surface area contributed by atoms with Gasteiger partial charge in [0.1, 0.15) is 0 Å². The zero-order valence-corrected chi connectivity index (χ0v) is 15.3. The summed E-state index contributed by atoms with van der Waals surface area (Å²) >= 11 is 0. The van der Waals surface area contributed by atoms with E-state index in [1.165, 1.54) is 12.1 Å². The summed E-state index contributed by atoms with van der Waals surface area (Å²) in [6, 6.07) is 8.33. The van der Waals surface area contributed by atoms with E-state index in [0.29, 0.717) is 0 Å². The third-order valence-corrected chi connectivity index (χ3v) is 1.33. The van der Waals surface area contributed by atoms with Crippen molar-refractivity contribution in [3.63, 3.8) is 0 Å². The van der Waals surface area contributed by atoms with E-state index in [2.05, 4.69) is 31.8 Å². The summed E-state index contributed by atoms with van der Waals surface area (Å²) in [6.45, 7) is 6.81. The van der Waals surface area contributed by atoms with E-state index in [4.69, 9.17) is 0 Å². The predicted octanol–water partition coefficient (Wildman–Crippen LogP) is -2.56. The second-order valence-electron chi connectivity index (χ2n) is 3.82. The Hall–Kier alpha value is -0.119. The third-order valence-electron chi connectivity index (χ3n) is 1.33. The van der Waals surface area contributed by atoms with Crippen LogP contribution in [0.15, 0.2) is 48.6 Å². The zero-order chi connectivity index (χ0) is 12.2. The van der Waals surface area contributed by atoms with Crippen LogP contribution in [-0.4, -0.2) is 8.80 Å². The van der Waals surface area contributed by atoms with Gasteiger partial charge in [-0.3, -0.25) is 6.08 Å². The molecule has 2 radical (unpaired) electrons. The summed E-state index contributed by atoms with van der Waals surface area (Å²) in [6.07, 6.45) is 10.0. The van der Waals surface area contributed by atoms with Gasteiger partial charge in [0.15, 0.2) is 0 Å².